The summed E-state index contributed by atoms with van der Waals surface area (Å²) in [7, 11) is 1.88. The molecule has 5 nitrogen and oxygen atoms in total. The van der Waals surface area contributed by atoms with Crippen LogP contribution in [0, 0.1) is 0 Å². The molecule has 1 amide bonds. The summed E-state index contributed by atoms with van der Waals surface area (Å²) < 4.78 is 11.8. The van der Waals surface area contributed by atoms with Gasteiger partial charge in [-0.15, -0.1) is 0 Å². The van der Waals surface area contributed by atoms with Gasteiger partial charge in [-0.1, -0.05) is 12.1 Å². The highest BCUT2D eigenvalue weighted by molar-refractivity contribution is 9.10. The van der Waals surface area contributed by atoms with Crippen LogP contribution in [0.25, 0.3) is 0 Å². The van der Waals surface area contributed by atoms with Gasteiger partial charge in [0.05, 0.1) is 4.47 Å². The highest BCUT2D eigenvalue weighted by Crippen LogP contribution is 2.29. The Kier molecular flexibility index (Phi) is 6.48. The first-order valence-electron chi connectivity index (χ1n) is 7.12. The molecule has 0 atom stereocenters. The maximum absolute atomic E-state index is 12.0. The van der Waals surface area contributed by atoms with E-state index < -0.39 is 0 Å². The molecular weight excluding hydrogens is 336 g/mol. The molecule has 0 unspecified atom stereocenters. The zero-order chi connectivity index (χ0) is 15.1. The van der Waals surface area contributed by atoms with Crippen molar-refractivity contribution in [1.29, 1.82) is 0 Å². The van der Waals surface area contributed by atoms with Crippen molar-refractivity contribution in [2.45, 2.75) is 25.4 Å². The minimum Gasteiger partial charge on any atom is -0.482 e. The molecule has 1 fully saturated rings. The molecule has 0 aromatic heterocycles. The molecule has 0 spiro atoms. The minimum atomic E-state index is -0.0898. The molecule has 1 heterocycles. The van der Waals surface area contributed by atoms with Crippen LogP contribution in [0.15, 0.2) is 22.7 Å². The van der Waals surface area contributed by atoms with Crippen LogP contribution in [-0.2, 0) is 16.1 Å². The number of hydrogen-bond donors (Lipinski definition) is 2. The van der Waals surface area contributed by atoms with E-state index in [2.05, 4.69) is 26.6 Å². The van der Waals surface area contributed by atoms with Crippen molar-refractivity contribution in [3.8, 4) is 5.75 Å². The van der Waals surface area contributed by atoms with Crippen molar-refractivity contribution in [3.05, 3.63) is 28.2 Å². The maximum atomic E-state index is 12.0. The smallest absolute Gasteiger partial charge is 0.258 e. The lowest BCUT2D eigenvalue weighted by molar-refractivity contribution is -0.124. The number of ether oxygens (including phenoxy) is 2. The Hall–Kier alpha value is -1.11. The Labute approximate surface area is 133 Å². The topological polar surface area (TPSA) is 59.6 Å². The molecule has 0 aliphatic carbocycles. The number of carbonyl (C=O) groups excluding carboxylic acids is 1. The number of benzene rings is 1. The summed E-state index contributed by atoms with van der Waals surface area (Å²) >= 11 is 3.46. The fraction of sp³-hybridized carbons (Fsp3) is 0.533. The average Bonchev–Trinajstić information content (AvgIpc) is 2.48. The summed E-state index contributed by atoms with van der Waals surface area (Å²) in [4.78, 5) is 12.0. The molecule has 1 saturated heterocycles. The lowest BCUT2D eigenvalue weighted by atomic mass is 10.1. The lowest BCUT2D eigenvalue weighted by Crippen LogP contribution is -2.41. The van der Waals surface area contributed by atoms with Gasteiger partial charge < -0.3 is 20.1 Å². The van der Waals surface area contributed by atoms with E-state index in [0.29, 0.717) is 25.5 Å². The van der Waals surface area contributed by atoms with E-state index in [9.17, 15) is 4.79 Å². The van der Waals surface area contributed by atoms with Gasteiger partial charge in [0.1, 0.15) is 5.75 Å². The SMILES string of the molecule is CNCc1cccc(Br)c1OCC(=O)NC1CCOCC1. The molecule has 2 N–H and O–H groups in total. The van der Waals surface area contributed by atoms with E-state index in [1.165, 1.54) is 0 Å². The fourth-order valence-corrected chi connectivity index (χ4v) is 2.82. The van der Waals surface area contributed by atoms with Crippen LogP contribution in [0.2, 0.25) is 0 Å². The first kappa shape index (κ1) is 16.3. The molecule has 116 valence electrons. The summed E-state index contributed by atoms with van der Waals surface area (Å²) in [5.41, 5.74) is 1.02. The Morgan fingerprint density at radius 1 is 1.43 bits per heavy atom. The van der Waals surface area contributed by atoms with E-state index in [1.54, 1.807) is 0 Å². The monoisotopic (exact) mass is 356 g/mol. The second-order valence-corrected chi connectivity index (χ2v) is 5.86. The predicted octanol–water partition coefficient (Wildman–Crippen LogP) is 1.84. The van der Waals surface area contributed by atoms with Gasteiger partial charge in [-0.25, -0.2) is 0 Å². The van der Waals surface area contributed by atoms with Gasteiger partial charge in [0.15, 0.2) is 6.61 Å². The quantitative estimate of drug-likeness (QED) is 0.816. The van der Waals surface area contributed by atoms with Gasteiger partial charge in [0.25, 0.3) is 5.91 Å². The molecule has 0 bridgehead atoms. The summed E-state index contributed by atoms with van der Waals surface area (Å²) in [6.45, 7) is 2.14. The normalized spacial score (nSPS) is 15.7. The second kappa shape index (κ2) is 8.36. The highest BCUT2D eigenvalue weighted by Gasteiger charge is 2.17. The van der Waals surface area contributed by atoms with Gasteiger partial charge in [0, 0.05) is 31.4 Å². The molecule has 1 aliphatic heterocycles. The molecule has 6 heteroatoms. The minimum absolute atomic E-state index is 0.0245. The number of nitrogens with one attached hydrogen (secondary N) is 2. The number of halogens is 1. The molecule has 21 heavy (non-hydrogen) atoms. The van der Waals surface area contributed by atoms with Crippen LogP contribution >= 0.6 is 15.9 Å². The van der Waals surface area contributed by atoms with E-state index in [1.807, 2.05) is 25.2 Å². The largest absolute Gasteiger partial charge is 0.482 e. The van der Waals surface area contributed by atoms with E-state index >= 15 is 0 Å². The fourth-order valence-electron chi connectivity index (χ4n) is 2.29. The third kappa shape index (κ3) is 4.98. The molecule has 0 radical (unpaired) electrons. The van der Waals surface area contributed by atoms with Gasteiger partial charge in [-0.2, -0.15) is 0 Å². The first-order valence-corrected chi connectivity index (χ1v) is 7.92. The van der Waals surface area contributed by atoms with Crippen molar-refractivity contribution < 1.29 is 14.3 Å². The molecule has 1 aliphatic rings. The number of hydrogen-bond acceptors (Lipinski definition) is 4. The summed E-state index contributed by atoms with van der Waals surface area (Å²) in [5.74, 6) is 0.627. The molecule has 1 aromatic rings. The van der Waals surface area contributed by atoms with E-state index in [-0.39, 0.29) is 18.6 Å². The average molecular weight is 357 g/mol. The Morgan fingerprint density at radius 2 is 2.19 bits per heavy atom. The zero-order valence-corrected chi connectivity index (χ0v) is 13.7. The number of rotatable bonds is 6. The second-order valence-electron chi connectivity index (χ2n) is 5.00. The molecule has 1 aromatic carbocycles. The van der Waals surface area contributed by atoms with Crippen LogP contribution in [-0.4, -0.2) is 38.8 Å². The van der Waals surface area contributed by atoms with Crippen molar-refractivity contribution >= 4 is 21.8 Å². The third-order valence-electron chi connectivity index (χ3n) is 3.35. The molecule has 2 rings (SSSR count). The van der Waals surface area contributed by atoms with Crippen molar-refractivity contribution in [2.24, 2.45) is 0 Å². The standard InChI is InChI=1S/C15H21BrN2O3/c1-17-9-11-3-2-4-13(16)15(11)21-10-14(19)18-12-5-7-20-8-6-12/h2-4,12,17H,5-10H2,1H3,(H,18,19). The predicted molar refractivity (Wildman–Crippen MR) is 84.4 cm³/mol. The lowest BCUT2D eigenvalue weighted by Gasteiger charge is -2.23. The Bertz CT molecular complexity index is 476. The van der Waals surface area contributed by atoms with Gasteiger partial charge in [0.2, 0.25) is 0 Å². The third-order valence-corrected chi connectivity index (χ3v) is 3.97. The first-order chi connectivity index (χ1) is 10.2. The van der Waals surface area contributed by atoms with Crippen LogP contribution in [0.3, 0.4) is 0 Å². The van der Waals surface area contributed by atoms with Gasteiger partial charge in [-0.3, -0.25) is 4.79 Å². The number of carbonyl (C=O) groups is 1. The number of para-hydroxylation sites is 1. The van der Waals surface area contributed by atoms with Gasteiger partial charge in [-0.05, 0) is 41.9 Å². The maximum Gasteiger partial charge on any atom is 0.258 e. The van der Waals surface area contributed by atoms with Crippen molar-refractivity contribution in [2.75, 3.05) is 26.9 Å². The van der Waals surface area contributed by atoms with E-state index in [4.69, 9.17) is 9.47 Å². The van der Waals surface area contributed by atoms with Crippen LogP contribution in [0.1, 0.15) is 18.4 Å². The van der Waals surface area contributed by atoms with Crippen LogP contribution in [0.5, 0.6) is 5.75 Å². The van der Waals surface area contributed by atoms with Gasteiger partial charge >= 0.3 is 0 Å². The highest BCUT2D eigenvalue weighted by atomic mass is 79.9. The van der Waals surface area contributed by atoms with Crippen molar-refractivity contribution in [1.82, 2.24) is 10.6 Å². The molecule has 0 saturated carbocycles. The van der Waals surface area contributed by atoms with E-state index in [0.717, 1.165) is 22.9 Å². The van der Waals surface area contributed by atoms with Crippen molar-refractivity contribution in [3.63, 3.8) is 0 Å². The van der Waals surface area contributed by atoms with Crippen LogP contribution in [0.4, 0.5) is 0 Å². The summed E-state index contributed by atoms with van der Waals surface area (Å²) in [6, 6.07) is 6.04. The summed E-state index contributed by atoms with van der Waals surface area (Å²) in [5, 5.41) is 6.07. The zero-order valence-electron chi connectivity index (χ0n) is 12.2. The van der Waals surface area contributed by atoms with Crippen LogP contribution < -0.4 is 15.4 Å². The number of amides is 1. The molecular formula is C15H21BrN2O3. The summed E-state index contributed by atoms with van der Waals surface area (Å²) in [6.07, 6.45) is 1.73. The Balaban J connectivity index is 1.88. The Morgan fingerprint density at radius 3 is 2.90 bits per heavy atom.